The fraction of sp³-hybridized carbons (Fsp3) is 0.387. The second-order valence-corrected chi connectivity index (χ2v) is 10.6. The first kappa shape index (κ1) is 30.1. The maximum Gasteiger partial charge on any atom is 0.290 e. The lowest BCUT2D eigenvalue weighted by Crippen LogP contribution is -2.34. The van der Waals surface area contributed by atoms with Gasteiger partial charge < -0.3 is 29.1 Å². The molecule has 0 spiro atoms. The number of hydrogen-bond acceptors (Lipinski definition) is 9. The zero-order valence-electron chi connectivity index (χ0n) is 24.4. The van der Waals surface area contributed by atoms with E-state index < -0.39 is 23.5 Å². The van der Waals surface area contributed by atoms with Gasteiger partial charge in [0.15, 0.2) is 17.3 Å². The van der Waals surface area contributed by atoms with E-state index in [0.29, 0.717) is 51.4 Å². The molecule has 1 aliphatic rings. The minimum Gasteiger partial charge on any atom is -0.503 e. The predicted octanol–water partition coefficient (Wildman–Crippen LogP) is 5.45. The molecule has 1 unspecified atom stereocenters. The van der Waals surface area contributed by atoms with Gasteiger partial charge in [0.1, 0.15) is 5.01 Å². The number of aliphatic hydroxyl groups excluding tert-OH is 1. The van der Waals surface area contributed by atoms with Crippen LogP contribution in [0, 0.1) is 6.92 Å². The van der Waals surface area contributed by atoms with Gasteiger partial charge in [-0.25, -0.2) is 4.98 Å². The van der Waals surface area contributed by atoms with Gasteiger partial charge in [0.05, 0.1) is 43.5 Å². The number of Topliss-reactive ketones (excluding diaryl/α,β-unsaturated/α-hetero) is 1. The van der Waals surface area contributed by atoms with E-state index in [1.54, 1.807) is 24.0 Å². The Morgan fingerprint density at radius 2 is 1.68 bits per heavy atom. The number of thiazole rings is 1. The van der Waals surface area contributed by atoms with Gasteiger partial charge in [-0.15, -0.1) is 11.3 Å². The number of ether oxygens (including phenoxy) is 3. The van der Waals surface area contributed by atoms with Crippen molar-refractivity contribution in [3.8, 4) is 27.8 Å². The van der Waals surface area contributed by atoms with Crippen LogP contribution in [0.3, 0.4) is 0 Å². The molecule has 41 heavy (non-hydrogen) atoms. The lowest BCUT2D eigenvalue weighted by Gasteiger charge is -2.29. The Kier molecular flexibility index (Phi) is 9.67. The molecule has 2 heterocycles. The van der Waals surface area contributed by atoms with Crippen molar-refractivity contribution in [2.24, 2.45) is 0 Å². The van der Waals surface area contributed by atoms with E-state index in [-0.39, 0.29) is 5.57 Å². The maximum absolute atomic E-state index is 14.2. The average molecular weight is 580 g/mol. The molecule has 0 fully saturated rings. The number of carbonyl (C=O) groups is 2. The van der Waals surface area contributed by atoms with Crippen molar-refractivity contribution in [2.45, 2.75) is 33.2 Å². The number of carbonyl (C=O) groups excluding carboxylic acids is 2. The fourth-order valence-electron chi connectivity index (χ4n) is 5.16. The van der Waals surface area contributed by atoms with Gasteiger partial charge in [-0.05, 0) is 50.7 Å². The van der Waals surface area contributed by atoms with E-state index in [1.165, 1.54) is 32.7 Å². The van der Waals surface area contributed by atoms with Gasteiger partial charge in [-0.2, -0.15) is 0 Å². The van der Waals surface area contributed by atoms with E-state index >= 15 is 0 Å². The molecule has 0 bridgehead atoms. The lowest BCUT2D eigenvalue weighted by atomic mass is 9.94. The Morgan fingerprint density at radius 3 is 2.24 bits per heavy atom. The van der Waals surface area contributed by atoms with Crippen molar-refractivity contribution in [1.82, 2.24) is 14.8 Å². The second-order valence-electron chi connectivity index (χ2n) is 9.63. The van der Waals surface area contributed by atoms with Gasteiger partial charge in [-0.1, -0.05) is 44.2 Å². The molecule has 218 valence electrons. The highest BCUT2D eigenvalue weighted by atomic mass is 32.1. The lowest BCUT2D eigenvalue weighted by molar-refractivity contribution is -0.129. The van der Waals surface area contributed by atoms with Crippen molar-refractivity contribution in [3.05, 3.63) is 69.9 Å². The number of benzene rings is 2. The van der Waals surface area contributed by atoms with Crippen LogP contribution in [0.1, 0.15) is 47.2 Å². The molecule has 2 aromatic carbocycles. The Hall–Kier alpha value is -3.89. The first-order valence-corrected chi connectivity index (χ1v) is 14.4. The van der Waals surface area contributed by atoms with Crippen LogP contribution in [0.4, 0.5) is 0 Å². The third kappa shape index (κ3) is 5.94. The third-order valence-corrected chi connectivity index (χ3v) is 8.55. The van der Waals surface area contributed by atoms with E-state index in [2.05, 4.69) is 23.7 Å². The van der Waals surface area contributed by atoms with E-state index in [9.17, 15) is 14.7 Å². The van der Waals surface area contributed by atoms with Gasteiger partial charge >= 0.3 is 0 Å². The molecule has 0 radical (unpaired) electrons. The van der Waals surface area contributed by atoms with Crippen LogP contribution in [-0.2, 0) is 4.79 Å². The second kappa shape index (κ2) is 13.2. The molecule has 10 heteroatoms. The van der Waals surface area contributed by atoms with Gasteiger partial charge in [-0.3, -0.25) is 9.59 Å². The largest absolute Gasteiger partial charge is 0.503 e. The van der Waals surface area contributed by atoms with Gasteiger partial charge in [0.2, 0.25) is 11.5 Å². The van der Waals surface area contributed by atoms with Crippen molar-refractivity contribution in [1.29, 1.82) is 0 Å². The summed E-state index contributed by atoms with van der Waals surface area (Å²) in [4.78, 5) is 36.6. The van der Waals surface area contributed by atoms with Gasteiger partial charge in [0, 0.05) is 12.1 Å². The predicted molar refractivity (Wildman–Crippen MR) is 159 cm³/mol. The molecule has 1 aromatic heterocycles. The number of rotatable bonds is 13. The molecule has 1 atom stereocenters. The minimum atomic E-state index is -0.859. The fourth-order valence-corrected chi connectivity index (χ4v) is 6.19. The van der Waals surface area contributed by atoms with Crippen LogP contribution in [-0.4, -0.2) is 79.1 Å². The summed E-state index contributed by atoms with van der Waals surface area (Å²) in [5, 5.41) is 11.9. The number of methoxy groups -OCH3 is 3. The highest BCUT2D eigenvalue weighted by Gasteiger charge is 2.45. The Morgan fingerprint density at radius 1 is 1.05 bits per heavy atom. The zero-order valence-corrected chi connectivity index (χ0v) is 25.2. The highest BCUT2D eigenvalue weighted by Crippen LogP contribution is 2.46. The topological polar surface area (TPSA) is 101 Å². The van der Waals surface area contributed by atoms with Crippen LogP contribution in [0.25, 0.3) is 10.6 Å². The summed E-state index contributed by atoms with van der Waals surface area (Å²) in [5.41, 5.74) is 2.00. The molecule has 1 amide bonds. The third-order valence-electron chi connectivity index (χ3n) is 7.34. The summed E-state index contributed by atoms with van der Waals surface area (Å²) in [7, 11) is 4.53. The number of ketones is 1. The number of hydrogen-bond donors (Lipinski definition) is 1. The van der Waals surface area contributed by atoms with Crippen molar-refractivity contribution < 1.29 is 28.9 Å². The Bertz CT molecular complexity index is 1410. The summed E-state index contributed by atoms with van der Waals surface area (Å²) in [5.74, 6) is -0.407. The number of aromatic nitrogens is 1. The Balaban J connectivity index is 1.80. The molecule has 3 aromatic rings. The molecule has 0 aliphatic carbocycles. The summed E-state index contributed by atoms with van der Waals surface area (Å²) in [6.07, 6.45) is 0.667. The quantitative estimate of drug-likeness (QED) is 0.267. The first-order valence-electron chi connectivity index (χ1n) is 13.6. The molecule has 1 aliphatic heterocycles. The molecule has 1 N–H and O–H groups in total. The van der Waals surface area contributed by atoms with E-state index in [1.807, 2.05) is 30.3 Å². The number of aliphatic hydroxyl groups is 1. The van der Waals surface area contributed by atoms with Gasteiger partial charge in [0.25, 0.3) is 5.91 Å². The van der Waals surface area contributed by atoms with Crippen LogP contribution in [0.5, 0.6) is 17.2 Å². The van der Waals surface area contributed by atoms with E-state index in [0.717, 1.165) is 25.2 Å². The summed E-state index contributed by atoms with van der Waals surface area (Å²) < 4.78 is 16.6. The number of aryl methyl sites for hydroxylation is 1. The SMILES string of the molecule is CCN(CC)CCCN1C(=O)C(O)=C(C(=O)c2sc(-c3ccccc3)nc2C)C1c1cc(OC)c(OC)c(OC)c1. The molecule has 0 saturated carbocycles. The standard InChI is InChI=1S/C31H37N3O6S/c1-7-33(8-2)15-12-16-34-25(21-17-22(38-4)28(40-6)23(18-21)39-5)24(27(36)31(34)37)26(35)29-19(3)32-30(41-29)20-13-10-9-11-14-20/h9-11,13-14,17-18,25,36H,7-8,12,15-16H2,1-6H3. The summed E-state index contributed by atoms with van der Waals surface area (Å²) in [6, 6.07) is 12.2. The molecule has 9 nitrogen and oxygen atoms in total. The Labute approximate surface area is 245 Å². The minimum absolute atomic E-state index is 0.0125. The van der Waals surface area contributed by atoms with Crippen LogP contribution in [0.15, 0.2) is 53.8 Å². The number of amides is 1. The molecule has 4 rings (SSSR count). The number of nitrogens with zero attached hydrogens (tertiary/aromatic N) is 3. The van der Waals surface area contributed by atoms with Crippen molar-refractivity contribution >= 4 is 23.0 Å². The van der Waals surface area contributed by atoms with Crippen LogP contribution in [0.2, 0.25) is 0 Å². The van der Waals surface area contributed by atoms with Crippen molar-refractivity contribution in [3.63, 3.8) is 0 Å². The normalized spacial score (nSPS) is 15.1. The maximum atomic E-state index is 14.2. The van der Waals surface area contributed by atoms with Crippen molar-refractivity contribution in [2.75, 3.05) is 47.5 Å². The van der Waals surface area contributed by atoms with Crippen LogP contribution >= 0.6 is 11.3 Å². The highest BCUT2D eigenvalue weighted by molar-refractivity contribution is 7.17. The smallest absolute Gasteiger partial charge is 0.290 e. The van der Waals surface area contributed by atoms with E-state index in [4.69, 9.17) is 14.2 Å². The zero-order chi connectivity index (χ0) is 29.7. The monoisotopic (exact) mass is 579 g/mol. The first-order chi connectivity index (χ1) is 19.8. The molecular weight excluding hydrogens is 542 g/mol. The van der Waals surface area contributed by atoms with Crippen LogP contribution < -0.4 is 14.2 Å². The average Bonchev–Trinajstić information content (AvgIpc) is 3.51. The molecular formula is C31H37N3O6S. The summed E-state index contributed by atoms with van der Waals surface area (Å²) >= 11 is 1.25. The molecule has 0 saturated heterocycles. The summed E-state index contributed by atoms with van der Waals surface area (Å²) in [6.45, 7) is 8.85.